The molecule has 32 heavy (non-hydrogen) atoms. The topological polar surface area (TPSA) is 44.7 Å². The summed E-state index contributed by atoms with van der Waals surface area (Å²) in [5, 5.41) is 3.94. The van der Waals surface area contributed by atoms with Gasteiger partial charge < -0.3 is 5.32 Å². The smallest absolute Gasteiger partial charge is 0.248 e. The Morgan fingerprint density at radius 1 is 1.16 bits per heavy atom. The average Bonchev–Trinajstić information content (AvgIpc) is 3.08. The molecule has 5 heteroatoms. The lowest BCUT2D eigenvalue weighted by atomic mass is 9.59. The predicted molar refractivity (Wildman–Crippen MR) is 130 cm³/mol. The first-order valence-electron chi connectivity index (χ1n) is 11.8. The van der Waals surface area contributed by atoms with E-state index in [9.17, 15) is 4.79 Å². The van der Waals surface area contributed by atoms with Gasteiger partial charge in [-0.2, -0.15) is 0 Å². The van der Waals surface area contributed by atoms with Gasteiger partial charge in [0, 0.05) is 48.7 Å². The van der Waals surface area contributed by atoms with Gasteiger partial charge in [-0.3, -0.25) is 14.7 Å². The maximum absolute atomic E-state index is 13.8. The van der Waals surface area contributed by atoms with Crippen molar-refractivity contribution in [1.82, 2.24) is 10.2 Å². The molecule has 1 amide bonds. The molecule has 0 radical (unpaired) electrons. The summed E-state index contributed by atoms with van der Waals surface area (Å²) in [5.74, 6) is 1.85. The first-order valence-corrected chi connectivity index (χ1v) is 12.2. The summed E-state index contributed by atoms with van der Waals surface area (Å²) in [6.45, 7) is 7.24. The Morgan fingerprint density at radius 2 is 1.91 bits per heavy atom. The number of rotatable bonds is 7. The number of benzene rings is 2. The van der Waals surface area contributed by atoms with Crippen molar-refractivity contribution in [3.63, 3.8) is 0 Å². The zero-order valence-corrected chi connectivity index (χ0v) is 19.6. The summed E-state index contributed by atoms with van der Waals surface area (Å²) in [5.41, 5.74) is 1.66. The molecular formula is C27H32ClN3O. The molecule has 4 nitrogen and oxygen atoms in total. The normalized spacial score (nSPS) is 30.8. The van der Waals surface area contributed by atoms with E-state index in [0.717, 1.165) is 31.5 Å². The number of carbonyl (C=O) groups excluding carboxylic acids is 1. The molecule has 168 valence electrons. The fraction of sp³-hybridized carbons (Fsp3) is 0.481. The lowest BCUT2D eigenvalue weighted by Gasteiger charge is -2.51. The van der Waals surface area contributed by atoms with E-state index in [1.54, 1.807) is 0 Å². The predicted octanol–water partition coefficient (Wildman–Crippen LogP) is 4.61. The number of carbonyl (C=O) groups is 1. The van der Waals surface area contributed by atoms with Gasteiger partial charge in [0.15, 0.2) is 0 Å². The van der Waals surface area contributed by atoms with Crippen molar-refractivity contribution in [1.29, 1.82) is 0 Å². The maximum atomic E-state index is 13.8. The number of nitrogens with one attached hydrogen (secondary N) is 1. The van der Waals surface area contributed by atoms with Crippen molar-refractivity contribution in [3.05, 3.63) is 70.7 Å². The van der Waals surface area contributed by atoms with Gasteiger partial charge >= 0.3 is 0 Å². The number of aliphatic imine (C=N–C) groups is 1. The van der Waals surface area contributed by atoms with Crippen molar-refractivity contribution in [2.75, 3.05) is 13.1 Å². The lowest BCUT2D eigenvalue weighted by Crippen LogP contribution is -2.64. The number of hydrogen-bond donors (Lipinski definition) is 1. The van der Waals surface area contributed by atoms with Crippen LogP contribution in [-0.4, -0.2) is 41.7 Å². The van der Waals surface area contributed by atoms with Crippen LogP contribution < -0.4 is 5.32 Å². The van der Waals surface area contributed by atoms with Crippen molar-refractivity contribution >= 4 is 23.7 Å². The Morgan fingerprint density at radius 3 is 2.62 bits per heavy atom. The van der Waals surface area contributed by atoms with Crippen LogP contribution in [0.1, 0.15) is 31.4 Å². The fourth-order valence-corrected chi connectivity index (χ4v) is 6.41. The van der Waals surface area contributed by atoms with Gasteiger partial charge in [0.2, 0.25) is 5.91 Å². The van der Waals surface area contributed by atoms with Gasteiger partial charge in [-0.05, 0) is 47.9 Å². The van der Waals surface area contributed by atoms with Crippen LogP contribution >= 0.6 is 11.6 Å². The van der Waals surface area contributed by atoms with Gasteiger partial charge in [0.05, 0.1) is 0 Å². The molecule has 0 unspecified atom stereocenters. The molecule has 1 saturated heterocycles. The first-order chi connectivity index (χ1) is 15.5. The quantitative estimate of drug-likeness (QED) is 0.670. The summed E-state index contributed by atoms with van der Waals surface area (Å²) < 4.78 is 0. The highest BCUT2D eigenvalue weighted by Crippen LogP contribution is 2.54. The molecule has 2 aromatic rings. The van der Waals surface area contributed by atoms with E-state index in [0.29, 0.717) is 35.4 Å². The van der Waals surface area contributed by atoms with Crippen LogP contribution in [0.15, 0.2) is 59.6 Å². The van der Waals surface area contributed by atoms with E-state index in [4.69, 9.17) is 16.6 Å². The SMILES string of the molecule is CC(C)CN1C[C@H]2C[C@]3(C(=O)NCc4ccc(Cl)cc4)N=C[C@H]2[C@H]1[C@@H]3Cc1ccccc1. The zero-order valence-electron chi connectivity index (χ0n) is 18.9. The number of nitrogens with zero attached hydrogens (tertiary/aromatic N) is 2. The molecule has 4 bridgehead atoms. The molecule has 3 aliphatic heterocycles. The summed E-state index contributed by atoms with van der Waals surface area (Å²) in [7, 11) is 0. The molecule has 1 saturated carbocycles. The lowest BCUT2D eigenvalue weighted by molar-refractivity contribution is -0.132. The summed E-state index contributed by atoms with van der Waals surface area (Å²) in [4.78, 5) is 21.5. The van der Waals surface area contributed by atoms with Crippen molar-refractivity contribution in [3.8, 4) is 0 Å². The number of hydrogen-bond acceptors (Lipinski definition) is 3. The summed E-state index contributed by atoms with van der Waals surface area (Å²) >= 11 is 6.02. The summed E-state index contributed by atoms with van der Waals surface area (Å²) in [6, 6.07) is 18.7. The van der Waals surface area contributed by atoms with Gasteiger partial charge in [0.1, 0.15) is 5.54 Å². The van der Waals surface area contributed by atoms with E-state index < -0.39 is 5.54 Å². The maximum Gasteiger partial charge on any atom is 0.248 e. The van der Waals surface area contributed by atoms with E-state index in [1.165, 1.54) is 5.56 Å². The highest BCUT2D eigenvalue weighted by Gasteiger charge is 2.63. The Labute approximate surface area is 196 Å². The molecule has 4 aliphatic rings. The molecule has 3 heterocycles. The van der Waals surface area contributed by atoms with Crippen LogP contribution in [0.3, 0.4) is 0 Å². The van der Waals surface area contributed by atoms with Crippen LogP contribution in [0.2, 0.25) is 5.02 Å². The minimum Gasteiger partial charge on any atom is -0.350 e. The van der Waals surface area contributed by atoms with Gasteiger partial charge in [-0.1, -0.05) is 67.9 Å². The Bertz CT molecular complexity index is 990. The van der Waals surface area contributed by atoms with Crippen LogP contribution in [0.25, 0.3) is 0 Å². The van der Waals surface area contributed by atoms with Crippen molar-refractivity contribution < 1.29 is 4.79 Å². The number of amides is 1. The third-order valence-electron chi connectivity index (χ3n) is 7.56. The molecule has 1 aliphatic carbocycles. The van der Waals surface area contributed by atoms with Crippen molar-refractivity contribution in [2.24, 2.45) is 28.7 Å². The van der Waals surface area contributed by atoms with Gasteiger partial charge in [0.25, 0.3) is 0 Å². The molecule has 6 rings (SSSR count). The monoisotopic (exact) mass is 449 g/mol. The zero-order chi connectivity index (χ0) is 22.3. The number of likely N-dealkylation sites (tertiary alicyclic amines) is 1. The highest BCUT2D eigenvalue weighted by molar-refractivity contribution is 6.30. The molecule has 0 aromatic heterocycles. The highest BCUT2D eigenvalue weighted by atomic mass is 35.5. The van der Waals surface area contributed by atoms with E-state index in [-0.39, 0.29) is 11.8 Å². The summed E-state index contributed by atoms with van der Waals surface area (Å²) in [6.07, 6.45) is 3.86. The second-order valence-corrected chi connectivity index (χ2v) is 10.6. The molecule has 2 fully saturated rings. The Hall–Kier alpha value is -2.17. The third-order valence-corrected chi connectivity index (χ3v) is 7.82. The van der Waals surface area contributed by atoms with Crippen LogP contribution in [0.5, 0.6) is 0 Å². The minimum atomic E-state index is -0.682. The molecule has 5 atom stereocenters. The molecule has 2 aromatic carbocycles. The van der Waals surface area contributed by atoms with E-state index >= 15 is 0 Å². The van der Waals surface area contributed by atoms with E-state index in [1.807, 2.05) is 24.3 Å². The number of halogens is 1. The van der Waals surface area contributed by atoms with Crippen LogP contribution in [0.4, 0.5) is 0 Å². The third kappa shape index (κ3) is 3.88. The second kappa shape index (κ2) is 8.64. The molecule has 1 N–H and O–H groups in total. The van der Waals surface area contributed by atoms with Crippen LogP contribution in [-0.2, 0) is 17.8 Å². The first kappa shape index (κ1) is 21.7. The Balaban J connectivity index is 1.44. The second-order valence-electron chi connectivity index (χ2n) is 10.2. The Kier molecular flexibility index (Phi) is 5.85. The van der Waals surface area contributed by atoms with Crippen molar-refractivity contribution in [2.45, 2.75) is 44.8 Å². The standard InChI is InChI=1S/C27H32ClN3O/c1-18(2)16-31-17-21-13-27(26(32)29-14-20-8-10-22(28)11-9-20)24(25(31)23(21)15-30-27)12-19-6-4-3-5-7-19/h3-11,15,18,21,23-25H,12-14,16-17H2,1-2H3,(H,29,32)/t21-,23-,24+,25+,27+/m1/s1. The van der Waals surface area contributed by atoms with Gasteiger partial charge in [-0.25, -0.2) is 0 Å². The van der Waals surface area contributed by atoms with Gasteiger partial charge in [-0.15, -0.1) is 0 Å². The molecular weight excluding hydrogens is 418 g/mol. The van der Waals surface area contributed by atoms with Crippen LogP contribution in [0, 0.1) is 23.7 Å². The largest absolute Gasteiger partial charge is 0.350 e. The average molecular weight is 450 g/mol. The van der Waals surface area contributed by atoms with E-state index in [2.05, 4.69) is 60.6 Å². The fourth-order valence-electron chi connectivity index (χ4n) is 6.28. The minimum absolute atomic E-state index is 0.0733. The molecule has 0 spiro atoms.